The molecule has 202 valence electrons. The third kappa shape index (κ3) is 6.53. The highest BCUT2D eigenvalue weighted by Gasteiger charge is 2.37. The lowest BCUT2D eigenvalue weighted by molar-refractivity contribution is -0.171. The Bertz CT molecular complexity index is 1120. The second-order valence-corrected chi connectivity index (χ2v) is 12.7. The first-order valence-corrected chi connectivity index (χ1v) is 13.8. The summed E-state index contributed by atoms with van der Waals surface area (Å²) in [5, 5.41) is 3.46. The number of aromatic nitrogens is 1. The zero-order valence-corrected chi connectivity index (χ0v) is 24.0. The fourth-order valence-corrected chi connectivity index (χ4v) is 5.33. The summed E-state index contributed by atoms with van der Waals surface area (Å²) < 4.78 is 12.2. The molecule has 0 amide bonds. The van der Waals surface area contributed by atoms with Crippen LogP contribution in [0.2, 0.25) is 0 Å². The number of carbonyl (C=O) groups is 1. The molecule has 6 nitrogen and oxygen atoms in total. The molecule has 3 heterocycles. The zero-order chi connectivity index (χ0) is 27.0. The Morgan fingerprint density at radius 3 is 2.49 bits per heavy atom. The van der Waals surface area contributed by atoms with Gasteiger partial charge in [0.2, 0.25) is 0 Å². The third-order valence-corrected chi connectivity index (χ3v) is 7.42. The van der Waals surface area contributed by atoms with E-state index in [0.717, 1.165) is 73.5 Å². The number of anilines is 1. The third-order valence-electron chi connectivity index (χ3n) is 7.42. The van der Waals surface area contributed by atoms with Crippen LogP contribution < -0.4 is 10.2 Å². The summed E-state index contributed by atoms with van der Waals surface area (Å²) in [7, 11) is 0. The smallest absolute Gasteiger partial charge is 0.340 e. The van der Waals surface area contributed by atoms with Crippen molar-refractivity contribution in [2.45, 2.75) is 99.0 Å². The van der Waals surface area contributed by atoms with Crippen molar-refractivity contribution in [3.05, 3.63) is 46.8 Å². The molecule has 0 unspecified atom stereocenters. The van der Waals surface area contributed by atoms with E-state index in [-0.39, 0.29) is 12.1 Å². The summed E-state index contributed by atoms with van der Waals surface area (Å²) in [6.07, 6.45) is 4.08. The van der Waals surface area contributed by atoms with Crippen LogP contribution >= 0.6 is 0 Å². The molecular formula is C31H45N3O3. The maximum atomic E-state index is 13.6. The van der Waals surface area contributed by atoms with Crippen molar-refractivity contribution >= 4 is 11.7 Å². The molecule has 1 saturated heterocycles. The largest absolute Gasteiger partial charge is 0.461 e. The lowest BCUT2D eigenvalue weighted by Gasteiger charge is -2.41. The van der Waals surface area contributed by atoms with Crippen LogP contribution in [0.4, 0.5) is 5.69 Å². The second-order valence-electron chi connectivity index (χ2n) is 12.7. The minimum Gasteiger partial charge on any atom is -0.461 e. The molecule has 0 aliphatic carbocycles. The van der Waals surface area contributed by atoms with Crippen molar-refractivity contribution in [2.24, 2.45) is 5.41 Å². The number of carbonyl (C=O) groups excluding carboxylic acids is 1. The van der Waals surface area contributed by atoms with E-state index in [4.69, 9.17) is 14.5 Å². The summed E-state index contributed by atoms with van der Waals surface area (Å²) >= 11 is 0. The molecule has 37 heavy (non-hydrogen) atoms. The van der Waals surface area contributed by atoms with Gasteiger partial charge in [0.25, 0.3) is 0 Å². The van der Waals surface area contributed by atoms with Crippen LogP contribution in [0.5, 0.6) is 0 Å². The number of esters is 1. The van der Waals surface area contributed by atoms with Crippen LogP contribution in [-0.2, 0) is 27.2 Å². The maximum absolute atomic E-state index is 13.6. The van der Waals surface area contributed by atoms with Gasteiger partial charge in [-0.1, -0.05) is 32.0 Å². The molecule has 1 atom stereocenters. The van der Waals surface area contributed by atoms with Crippen molar-refractivity contribution in [1.29, 1.82) is 0 Å². The molecular weight excluding hydrogens is 462 g/mol. The molecule has 0 saturated carbocycles. The fourth-order valence-electron chi connectivity index (χ4n) is 5.33. The number of rotatable bonds is 6. The SMILES string of the molecule is Cc1ncc(-c2ccc3c(c2)CCNC3)c(N2CCC(C)(C)CC2)c1[C@H](OC(C)(C)C)C(=O)OC(C)C. The Morgan fingerprint density at radius 2 is 1.84 bits per heavy atom. The average Bonchev–Trinajstić information content (AvgIpc) is 2.81. The zero-order valence-electron chi connectivity index (χ0n) is 24.0. The summed E-state index contributed by atoms with van der Waals surface area (Å²) in [5.74, 6) is -0.359. The summed E-state index contributed by atoms with van der Waals surface area (Å²) in [6, 6.07) is 6.75. The lowest BCUT2D eigenvalue weighted by atomic mass is 9.82. The van der Waals surface area contributed by atoms with Crippen LogP contribution in [0.3, 0.4) is 0 Å². The first kappa shape index (κ1) is 27.6. The van der Waals surface area contributed by atoms with Gasteiger partial charge in [-0.3, -0.25) is 4.98 Å². The van der Waals surface area contributed by atoms with Gasteiger partial charge in [-0.2, -0.15) is 0 Å². The number of nitrogens with zero attached hydrogens (tertiary/aromatic N) is 2. The van der Waals surface area contributed by atoms with Gasteiger partial charge in [-0.05, 0) is 89.5 Å². The minimum atomic E-state index is -0.860. The minimum absolute atomic E-state index is 0.233. The Balaban J connectivity index is 1.91. The first-order chi connectivity index (χ1) is 17.3. The van der Waals surface area contributed by atoms with E-state index in [1.165, 1.54) is 11.1 Å². The highest BCUT2D eigenvalue weighted by molar-refractivity contribution is 5.87. The highest BCUT2D eigenvalue weighted by atomic mass is 16.6. The van der Waals surface area contributed by atoms with Crippen LogP contribution in [-0.4, -0.2) is 42.3 Å². The Labute approximate surface area is 223 Å². The molecule has 0 bridgehead atoms. The number of ether oxygens (including phenoxy) is 2. The van der Waals surface area contributed by atoms with Gasteiger partial charge < -0.3 is 19.7 Å². The standard InChI is InChI=1S/C31H45N3O3/c1-20(2)36-29(35)28(37-30(4,5)6)26-21(3)33-19-25(27(26)34-15-12-31(7,8)13-16-34)23-9-10-24-18-32-14-11-22(24)17-23/h9-10,17,19-20,28,32H,11-16,18H2,1-8H3/t28-/m0/s1. The average molecular weight is 508 g/mol. The molecule has 2 aliphatic rings. The van der Waals surface area contributed by atoms with E-state index in [9.17, 15) is 4.79 Å². The Morgan fingerprint density at radius 1 is 1.14 bits per heavy atom. The molecule has 6 heteroatoms. The van der Waals surface area contributed by atoms with Gasteiger partial charge in [-0.25, -0.2) is 4.79 Å². The molecule has 1 aromatic heterocycles. The number of benzene rings is 1. The van der Waals surface area contributed by atoms with Gasteiger partial charge in [-0.15, -0.1) is 0 Å². The number of fused-ring (bicyclic) bond motifs is 1. The van der Waals surface area contributed by atoms with Crippen molar-refractivity contribution in [2.75, 3.05) is 24.5 Å². The number of hydrogen-bond acceptors (Lipinski definition) is 6. The van der Waals surface area contributed by atoms with Crippen LogP contribution in [0.15, 0.2) is 24.4 Å². The molecule has 1 N–H and O–H groups in total. The van der Waals surface area contributed by atoms with Crippen molar-refractivity contribution in [3.63, 3.8) is 0 Å². The monoisotopic (exact) mass is 507 g/mol. The Kier molecular flexibility index (Phi) is 8.01. The van der Waals surface area contributed by atoms with Gasteiger partial charge in [0.05, 0.1) is 17.4 Å². The normalized spacial score (nSPS) is 18.5. The fraction of sp³-hybridized carbons (Fsp3) is 0.613. The highest BCUT2D eigenvalue weighted by Crippen LogP contribution is 2.44. The first-order valence-electron chi connectivity index (χ1n) is 13.8. The predicted molar refractivity (Wildman–Crippen MR) is 150 cm³/mol. The van der Waals surface area contributed by atoms with Crippen molar-refractivity contribution < 1.29 is 14.3 Å². The van der Waals surface area contributed by atoms with Crippen LogP contribution in [0.25, 0.3) is 11.1 Å². The van der Waals surface area contributed by atoms with Gasteiger partial charge >= 0.3 is 5.97 Å². The number of hydrogen-bond donors (Lipinski definition) is 1. The molecule has 1 aromatic carbocycles. The van der Waals surface area contributed by atoms with E-state index < -0.39 is 11.7 Å². The number of pyridine rings is 1. The van der Waals surface area contributed by atoms with E-state index in [0.29, 0.717) is 5.41 Å². The summed E-state index contributed by atoms with van der Waals surface area (Å²) in [6.45, 7) is 20.1. The van der Waals surface area contributed by atoms with Crippen molar-refractivity contribution in [1.82, 2.24) is 10.3 Å². The number of nitrogens with one attached hydrogen (secondary N) is 1. The van der Waals surface area contributed by atoms with E-state index >= 15 is 0 Å². The molecule has 2 aliphatic heterocycles. The van der Waals surface area contributed by atoms with Crippen molar-refractivity contribution in [3.8, 4) is 11.1 Å². The molecule has 4 rings (SSSR count). The lowest BCUT2D eigenvalue weighted by Crippen LogP contribution is -2.39. The topological polar surface area (TPSA) is 63.7 Å². The number of piperidine rings is 1. The van der Waals surface area contributed by atoms with Gasteiger partial charge in [0, 0.05) is 42.7 Å². The van der Waals surface area contributed by atoms with Crippen LogP contribution in [0.1, 0.15) is 89.8 Å². The Hall–Kier alpha value is -2.44. The summed E-state index contributed by atoms with van der Waals surface area (Å²) in [5.41, 5.74) is 7.39. The van der Waals surface area contributed by atoms with E-state index in [1.54, 1.807) is 0 Å². The van der Waals surface area contributed by atoms with Crippen LogP contribution in [0, 0.1) is 12.3 Å². The van der Waals surface area contributed by atoms with E-state index in [1.807, 2.05) is 47.7 Å². The van der Waals surface area contributed by atoms with E-state index in [2.05, 4.69) is 42.3 Å². The molecule has 0 spiro atoms. The molecule has 1 fully saturated rings. The molecule has 0 radical (unpaired) electrons. The van der Waals surface area contributed by atoms with Gasteiger partial charge in [0.1, 0.15) is 0 Å². The quantitative estimate of drug-likeness (QED) is 0.474. The summed E-state index contributed by atoms with van der Waals surface area (Å²) in [4.78, 5) is 20.8. The number of aryl methyl sites for hydroxylation is 1. The van der Waals surface area contributed by atoms with Gasteiger partial charge in [0.15, 0.2) is 6.10 Å². The molecule has 2 aromatic rings. The maximum Gasteiger partial charge on any atom is 0.340 e. The predicted octanol–water partition coefficient (Wildman–Crippen LogP) is 6.14. The second kappa shape index (κ2) is 10.7.